The number of carbonyl (C=O) groups is 1. The Morgan fingerprint density at radius 3 is 2.44 bits per heavy atom. The van der Waals surface area contributed by atoms with Crippen LogP contribution in [-0.4, -0.2) is 65.4 Å². The summed E-state index contributed by atoms with van der Waals surface area (Å²) >= 11 is 0. The number of aliphatic hydroxyl groups is 1. The predicted octanol–water partition coefficient (Wildman–Crippen LogP) is 1.19. The minimum Gasteiger partial charge on any atom is -0.463 e. The van der Waals surface area contributed by atoms with E-state index in [1.807, 2.05) is 0 Å². The van der Waals surface area contributed by atoms with E-state index in [1.54, 1.807) is 30.3 Å². The number of carbonyl (C=O) groups excluding carboxylic acids is 1. The number of esters is 1. The maximum absolute atomic E-state index is 11.9. The fourth-order valence-corrected chi connectivity index (χ4v) is 3.44. The van der Waals surface area contributed by atoms with E-state index < -0.39 is 13.3 Å². The third kappa shape index (κ3) is 8.20. The highest BCUT2D eigenvalue weighted by atomic mass is 31.2. The highest BCUT2D eigenvalue weighted by Crippen LogP contribution is 2.39. The van der Waals surface area contributed by atoms with Gasteiger partial charge in [0.1, 0.15) is 6.61 Å². The molecule has 1 aliphatic rings. The zero-order chi connectivity index (χ0) is 18.7. The molecule has 1 aromatic rings. The topological polar surface area (TPSA) is 90.3 Å². The Morgan fingerprint density at radius 1 is 1.28 bits per heavy atom. The van der Waals surface area contributed by atoms with Crippen molar-refractivity contribution in [2.45, 2.75) is 13.3 Å². The van der Waals surface area contributed by atoms with Gasteiger partial charge in [0.15, 0.2) is 0 Å². The first-order valence-corrected chi connectivity index (χ1v) is 10.00. The molecular formula is C17H27N2O5P. The van der Waals surface area contributed by atoms with Crippen LogP contribution in [0.25, 0.3) is 0 Å². The van der Waals surface area contributed by atoms with Crippen LogP contribution in [0.1, 0.15) is 13.3 Å². The van der Waals surface area contributed by atoms with Crippen molar-refractivity contribution in [1.29, 1.82) is 0 Å². The number of rotatable bonds is 7. The van der Waals surface area contributed by atoms with Gasteiger partial charge in [0.2, 0.25) is 7.37 Å². The number of hydrogen-bond donors (Lipinski definition) is 2. The van der Waals surface area contributed by atoms with E-state index in [-0.39, 0.29) is 25.8 Å². The highest BCUT2D eigenvalue weighted by Gasteiger charge is 2.22. The maximum Gasteiger partial charge on any atom is 0.306 e. The number of hydrogen-bond acceptors (Lipinski definition) is 6. The Morgan fingerprint density at radius 2 is 1.96 bits per heavy atom. The molecule has 0 fully saturated rings. The first-order chi connectivity index (χ1) is 11.9. The molecule has 8 heteroatoms. The number of aliphatic hydroxyl groups excluding tert-OH is 1. The van der Waals surface area contributed by atoms with Crippen molar-refractivity contribution in [3.8, 4) is 0 Å². The average Bonchev–Trinajstić information content (AvgIpc) is 3.05. The predicted molar refractivity (Wildman–Crippen MR) is 97.6 cm³/mol. The monoisotopic (exact) mass is 370 g/mol. The molecule has 25 heavy (non-hydrogen) atoms. The summed E-state index contributed by atoms with van der Waals surface area (Å²) in [5.41, 5.74) is 0. The molecule has 0 spiro atoms. The molecule has 140 valence electrons. The van der Waals surface area contributed by atoms with Crippen LogP contribution < -0.4 is 5.30 Å². The van der Waals surface area contributed by atoms with Gasteiger partial charge in [-0.15, -0.1) is 0 Å². The smallest absolute Gasteiger partial charge is 0.306 e. The lowest BCUT2D eigenvalue weighted by Gasteiger charge is -2.14. The standard InChI is InChI=1S/C11H15O5P.C6H12N2/c12-7-8-16-11(13)6-9-17(14,15)10-4-2-1-3-5-10;1-3-8-5-4-7(2)6-8/h1-5,12H,6-9H2,(H,14,15);4-5H,3,6H2,1-2H3. The Hall–Kier alpha value is -1.82. The lowest BCUT2D eigenvalue weighted by atomic mass is 10.4. The van der Waals surface area contributed by atoms with E-state index in [4.69, 9.17) is 5.11 Å². The van der Waals surface area contributed by atoms with Crippen LogP contribution in [0.4, 0.5) is 0 Å². The van der Waals surface area contributed by atoms with Crippen molar-refractivity contribution < 1.29 is 24.1 Å². The van der Waals surface area contributed by atoms with Gasteiger partial charge in [0, 0.05) is 37.5 Å². The van der Waals surface area contributed by atoms with E-state index in [0.29, 0.717) is 5.30 Å². The summed E-state index contributed by atoms with van der Waals surface area (Å²) in [7, 11) is -1.42. The minimum absolute atomic E-state index is 0.0834. The van der Waals surface area contributed by atoms with Crippen molar-refractivity contribution in [3.05, 3.63) is 42.7 Å². The molecular weight excluding hydrogens is 343 g/mol. The first-order valence-electron chi connectivity index (χ1n) is 8.15. The average molecular weight is 370 g/mol. The molecule has 1 unspecified atom stereocenters. The summed E-state index contributed by atoms with van der Waals surface area (Å²) in [5, 5.41) is 8.77. The van der Waals surface area contributed by atoms with Gasteiger partial charge in [0.25, 0.3) is 0 Å². The van der Waals surface area contributed by atoms with Gasteiger partial charge in [-0.25, -0.2) is 0 Å². The van der Waals surface area contributed by atoms with E-state index >= 15 is 0 Å². The molecule has 1 heterocycles. The van der Waals surface area contributed by atoms with Crippen LogP contribution in [0.3, 0.4) is 0 Å². The van der Waals surface area contributed by atoms with Crippen LogP contribution in [0.5, 0.6) is 0 Å². The van der Waals surface area contributed by atoms with Crippen molar-refractivity contribution >= 4 is 18.6 Å². The Labute approximate surface area is 149 Å². The number of benzene rings is 1. The van der Waals surface area contributed by atoms with Gasteiger partial charge in [-0.1, -0.05) is 18.2 Å². The highest BCUT2D eigenvalue weighted by molar-refractivity contribution is 7.66. The van der Waals surface area contributed by atoms with E-state index in [1.165, 1.54) is 0 Å². The van der Waals surface area contributed by atoms with Crippen LogP contribution in [-0.2, 0) is 14.1 Å². The first kappa shape index (κ1) is 21.2. The molecule has 0 aliphatic carbocycles. The summed E-state index contributed by atoms with van der Waals surface area (Å²) in [5.74, 6) is -0.579. The second-order valence-corrected chi connectivity index (χ2v) is 7.92. The molecule has 1 aromatic carbocycles. The molecule has 0 amide bonds. The van der Waals surface area contributed by atoms with Crippen LogP contribution >= 0.6 is 7.37 Å². The van der Waals surface area contributed by atoms with Crippen molar-refractivity contribution in [3.63, 3.8) is 0 Å². The Kier molecular flexibility index (Phi) is 9.27. The van der Waals surface area contributed by atoms with E-state index in [2.05, 4.69) is 40.9 Å². The van der Waals surface area contributed by atoms with Crippen LogP contribution in [0.15, 0.2) is 42.7 Å². The van der Waals surface area contributed by atoms with Gasteiger partial charge < -0.3 is 24.5 Å². The molecule has 0 saturated carbocycles. The molecule has 0 aromatic heterocycles. The Balaban J connectivity index is 0.000000324. The molecule has 2 N–H and O–H groups in total. The third-order valence-corrected chi connectivity index (χ3v) is 5.41. The molecule has 1 aliphatic heterocycles. The largest absolute Gasteiger partial charge is 0.463 e. The summed E-state index contributed by atoms with van der Waals surface area (Å²) in [6.45, 7) is 3.99. The quantitative estimate of drug-likeness (QED) is 0.550. The fourth-order valence-electron chi connectivity index (χ4n) is 2.06. The molecule has 7 nitrogen and oxygen atoms in total. The Bertz CT molecular complexity index is 594. The van der Waals surface area contributed by atoms with Crippen molar-refractivity contribution in [1.82, 2.24) is 9.80 Å². The SMILES string of the molecule is CCN1C=CN(C)C1.O=C(CCP(=O)(O)c1ccccc1)OCCO. The minimum atomic E-state index is -3.49. The summed E-state index contributed by atoms with van der Waals surface area (Å²) < 4.78 is 16.5. The van der Waals surface area contributed by atoms with Crippen LogP contribution in [0, 0.1) is 0 Å². The molecule has 0 bridgehead atoms. The molecule has 0 radical (unpaired) electrons. The van der Waals surface area contributed by atoms with Gasteiger partial charge in [0.05, 0.1) is 19.7 Å². The number of ether oxygens (including phenoxy) is 1. The normalized spacial score (nSPS) is 15.4. The fraction of sp³-hybridized carbons (Fsp3) is 0.471. The maximum atomic E-state index is 11.9. The summed E-state index contributed by atoms with van der Waals surface area (Å²) in [6, 6.07) is 8.20. The molecule has 2 rings (SSSR count). The summed E-state index contributed by atoms with van der Waals surface area (Å²) in [4.78, 5) is 25.3. The van der Waals surface area contributed by atoms with E-state index in [0.717, 1.165) is 13.2 Å². The van der Waals surface area contributed by atoms with Crippen molar-refractivity contribution in [2.24, 2.45) is 0 Å². The van der Waals surface area contributed by atoms with Gasteiger partial charge in [-0.2, -0.15) is 0 Å². The van der Waals surface area contributed by atoms with Crippen LogP contribution in [0.2, 0.25) is 0 Å². The van der Waals surface area contributed by atoms with E-state index in [9.17, 15) is 14.3 Å². The lowest BCUT2D eigenvalue weighted by Crippen LogP contribution is -2.21. The second kappa shape index (κ2) is 10.9. The molecule has 1 atom stereocenters. The van der Waals surface area contributed by atoms with Crippen molar-refractivity contribution in [2.75, 3.05) is 39.6 Å². The van der Waals surface area contributed by atoms with Gasteiger partial charge >= 0.3 is 5.97 Å². The van der Waals surface area contributed by atoms with Gasteiger partial charge in [-0.05, 0) is 19.1 Å². The number of nitrogens with zero attached hydrogens (tertiary/aromatic N) is 2. The zero-order valence-electron chi connectivity index (χ0n) is 14.7. The van der Waals surface area contributed by atoms with Gasteiger partial charge in [-0.3, -0.25) is 9.36 Å². The molecule has 0 saturated heterocycles. The zero-order valence-corrected chi connectivity index (χ0v) is 15.6. The summed E-state index contributed by atoms with van der Waals surface area (Å²) in [6.07, 6.45) is 3.91. The third-order valence-electron chi connectivity index (χ3n) is 3.48. The lowest BCUT2D eigenvalue weighted by molar-refractivity contribution is -0.144. The second-order valence-electron chi connectivity index (χ2n) is 5.56.